The number of anilines is 1. The van der Waals surface area contributed by atoms with Gasteiger partial charge in [-0.1, -0.05) is 0 Å². The molecule has 0 aromatic carbocycles. The van der Waals surface area contributed by atoms with Crippen LogP contribution in [0.1, 0.15) is 5.69 Å². The Kier molecular flexibility index (Phi) is 1.70. The lowest BCUT2D eigenvalue weighted by Gasteiger charge is -2.07. The summed E-state index contributed by atoms with van der Waals surface area (Å²) in [5.74, 6) is 2.37. The molecular formula is C10H13N3O. The van der Waals surface area contributed by atoms with E-state index >= 15 is 0 Å². The summed E-state index contributed by atoms with van der Waals surface area (Å²) >= 11 is 0. The number of rotatable bonds is 2. The number of nitrogens with one attached hydrogen (secondary N) is 1. The second-order valence-electron chi connectivity index (χ2n) is 4.08. The number of aryl methyl sites for hydroxylation is 1. The van der Waals surface area contributed by atoms with E-state index in [4.69, 9.17) is 4.74 Å². The average Bonchev–Trinajstić information content (AvgIpc) is 2.62. The number of hydrogen-bond donors (Lipinski definition) is 1. The Morgan fingerprint density at radius 3 is 2.86 bits per heavy atom. The highest BCUT2D eigenvalue weighted by Gasteiger charge is 2.54. The standard InChI is InChI=1S/C10H13N3O/c1-6-2-9(12-5-11-6)13-10-7-3-14-4-8(7)10/h2,5,7-8,10H,3-4H2,1H3,(H,11,12,13)/t7-,8-/m0/s1. The molecule has 14 heavy (non-hydrogen) atoms. The monoisotopic (exact) mass is 191 g/mol. The minimum atomic E-state index is 0.582. The van der Waals surface area contributed by atoms with Crippen LogP contribution in [0.25, 0.3) is 0 Å². The number of fused-ring (bicyclic) bond motifs is 1. The zero-order valence-electron chi connectivity index (χ0n) is 8.10. The fourth-order valence-corrected chi connectivity index (χ4v) is 2.16. The Morgan fingerprint density at radius 1 is 1.36 bits per heavy atom. The molecule has 1 saturated heterocycles. The van der Waals surface area contributed by atoms with Crippen molar-refractivity contribution >= 4 is 5.82 Å². The van der Waals surface area contributed by atoms with Gasteiger partial charge >= 0.3 is 0 Å². The van der Waals surface area contributed by atoms with Crippen molar-refractivity contribution in [3.8, 4) is 0 Å². The van der Waals surface area contributed by atoms with Crippen LogP contribution in [0.4, 0.5) is 5.82 Å². The summed E-state index contributed by atoms with van der Waals surface area (Å²) in [7, 11) is 0. The van der Waals surface area contributed by atoms with Gasteiger partial charge in [0.25, 0.3) is 0 Å². The van der Waals surface area contributed by atoms with Crippen LogP contribution in [0.2, 0.25) is 0 Å². The van der Waals surface area contributed by atoms with Crippen molar-refractivity contribution in [2.75, 3.05) is 18.5 Å². The van der Waals surface area contributed by atoms with Gasteiger partial charge in [-0.05, 0) is 6.92 Å². The molecule has 0 radical (unpaired) electrons. The molecule has 74 valence electrons. The highest BCUT2D eigenvalue weighted by molar-refractivity contribution is 5.39. The molecule has 0 amide bonds. The lowest BCUT2D eigenvalue weighted by Crippen LogP contribution is -2.13. The molecule has 4 heteroatoms. The van der Waals surface area contributed by atoms with E-state index in [2.05, 4.69) is 15.3 Å². The van der Waals surface area contributed by atoms with Crippen LogP contribution >= 0.6 is 0 Å². The van der Waals surface area contributed by atoms with E-state index in [0.29, 0.717) is 17.9 Å². The molecule has 2 heterocycles. The number of ether oxygens (including phenoxy) is 1. The van der Waals surface area contributed by atoms with Crippen LogP contribution in [0.5, 0.6) is 0 Å². The Labute approximate surface area is 82.7 Å². The topological polar surface area (TPSA) is 47.0 Å². The molecule has 2 fully saturated rings. The van der Waals surface area contributed by atoms with Crippen LogP contribution in [0, 0.1) is 18.8 Å². The van der Waals surface area contributed by atoms with Gasteiger partial charge in [0.1, 0.15) is 12.1 Å². The summed E-state index contributed by atoms with van der Waals surface area (Å²) in [6, 6.07) is 2.56. The van der Waals surface area contributed by atoms with E-state index in [-0.39, 0.29) is 0 Å². The molecule has 0 spiro atoms. The van der Waals surface area contributed by atoms with E-state index in [1.54, 1.807) is 6.33 Å². The van der Waals surface area contributed by atoms with Crippen LogP contribution in [-0.2, 0) is 4.74 Å². The Morgan fingerprint density at radius 2 is 2.14 bits per heavy atom. The second-order valence-corrected chi connectivity index (χ2v) is 4.08. The van der Waals surface area contributed by atoms with Gasteiger partial charge < -0.3 is 10.1 Å². The van der Waals surface area contributed by atoms with E-state index in [1.165, 1.54) is 0 Å². The van der Waals surface area contributed by atoms with E-state index in [1.807, 2.05) is 13.0 Å². The number of hydrogen-bond acceptors (Lipinski definition) is 4. The van der Waals surface area contributed by atoms with Crippen LogP contribution in [0.15, 0.2) is 12.4 Å². The maximum absolute atomic E-state index is 5.33. The predicted octanol–water partition coefficient (Wildman–Crippen LogP) is 0.842. The lowest BCUT2D eigenvalue weighted by atomic mass is 10.4. The Balaban J connectivity index is 1.68. The molecule has 1 saturated carbocycles. The summed E-state index contributed by atoms with van der Waals surface area (Å²) in [6.45, 7) is 3.79. The summed E-state index contributed by atoms with van der Waals surface area (Å²) in [5.41, 5.74) is 1.00. The highest BCUT2D eigenvalue weighted by atomic mass is 16.5. The molecule has 1 N–H and O–H groups in total. The molecule has 2 aliphatic rings. The first-order valence-corrected chi connectivity index (χ1v) is 4.97. The highest BCUT2D eigenvalue weighted by Crippen LogP contribution is 2.45. The smallest absolute Gasteiger partial charge is 0.129 e. The van der Waals surface area contributed by atoms with Crippen molar-refractivity contribution < 1.29 is 4.74 Å². The van der Waals surface area contributed by atoms with Crippen LogP contribution in [-0.4, -0.2) is 29.2 Å². The first-order valence-electron chi connectivity index (χ1n) is 4.97. The Bertz CT molecular complexity index is 345. The van der Waals surface area contributed by atoms with Gasteiger partial charge in [-0.3, -0.25) is 0 Å². The van der Waals surface area contributed by atoms with Crippen molar-refractivity contribution in [2.45, 2.75) is 13.0 Å². The maximum Gasteiger partial charge on any atom is 0.129 e. The van der Waals surface area contributed by atoms with E-state index < -0.39 is 0 Å². The first kappa shape index (κ1) is 8.17. The second kappa shape index (κ2) is 2.92. The van der Waals surface area contributed by atoms with Crippen molar-refractivity contribution in [1.82, 2.24) is 9.97 Å². The fourth-order valence-electron chi connectivity index (χ4n) is 2.16. The van der Waals surface area contributed by atoms with E-state index in [0.717, 1.165) is 24.7 Å². The molecule has 1 aromatic rings. The van der Waals surface area contributed by atoms with Gasteiger partial charge in [0.2, 0.25) is 0 Å². The van der Waals surface area contributed by atoms with Gasteiger partial charge in [0, 0.05) is 29.6 Å². The molecule has 0 bridgehead atoms. The van der Waals surface area contributed by atoms with Crippen molar-refractivity contribution in [2.24, 2.45) is 11.8 Å². The summed E-state index contributed by atoms with van der Waals surface area (Å²) in [6.07, 6.45) is 1.60. The Hall–Kier alpha value is -1.16. The molecule has 1 aliphatic heterocycles. The molecule has 1 aliphatic carbocycles. The quantitative estimate of drug-likeness (QED) is 0.752. The minimum Gasteiger partial charge on any atom is -0.381 e. The van der Waals surface area contributed by atoms with Gasteiger partial charge in [0.05, 0.1) is 13.2 Å². The minimum absolute atomic E-state index is 0.582. The summed E-state index contributed by atoms with van der Waals surface area (Å²) in [4.78, 5) is 8.25. The molecular weight excluding hydrogens is 178 g/mol. The van der Waals surface area contributed by atoms with Gasteiger partial charge in [-0.15, -0.1) is 0 Å². The fraction of sp³-hybridized carbons (Fsp3) is 0.600. The van der Waals surface area contributed by atoms with Crippen LogP contribution in [0.3, 0.4) is 0 Å². The average molecular weight is 191 g/mol. The van der Waals surface area contributed by atoms with Gasteiger partial charge in [0.15, 0.2) is 0 Å². The number of nitrogens with zero attached hydrogens (tertiary/aromatic N) is 2. The lowest BCUT2D eigenvalue weighted by molar-refractivity contribution is 0.162. The van der Waals surface area contributed by atoms with Gasteiger partial charge in [-0.2, -0.15) is 0 Å². The van der Waals surface area contributed by atoms with Gasteiger partial charge in [-0.25, -0.2) is 9.97 Å². The zero-order valence-corrected chi connectivity index (χ0v) is 8.10. The first-order chi connectivity index (χ1) is 6.84. The zero-order chi connectivity index (χ0) is 9.54. The van der Waals surface area contributed by atoms with Crippen molar-refractivity contribution in [3.05, 3.63) is 18.1 Å². The van der Waals surface area contributed by atoms with Crippen LogP contribution < -0.4 is 5.32 Å². The normalized spacial score (nSPS) is 33.9. The molecule has 0 unspecified atom stereocenters. The summed E-state index contributed by atoms with van der Waals surface area (Å²) < 4.78 is 5.33. The third-order valence-electron chi connectivity index (χ3n) is 3.07. The molecule has 4 nitrogen and oxygen atoms in total. The predicted molar refractivity (Wildman–Crippen MR) is 52.0 cm³/mol. The SMILES string of the molecule is Cc1cc(NC2[C@H]3COC[C@H]23)ncn1. The molecule has 1 aromatic heterocycles. The molecule has 3 rings (SSSR count). The van der Waals surface area contributed by atoms with E-state index in [9.17, 15) is 0 Å². The van der Waals surface area contributed by atoms with Crippen molar-refractivity contribution in [3.63, 3.8) is 0 Å². The largest absolute Gasteiger partial charge is 0.381 e. The summed E-state index contributed by atoms with van der Waals surface area (Å²) in [5, 5.41) is 3.43. The maximum atomic E-state index is 5.33. The molecule has 2 atom stereocenters. The van der Waals surface area contributed by atoms with Crippen molar-refractivity contribution in [1.29, 1.82) is 0 Å². The number of aromatic nitrogens is 2. The third kappa shape index (κ3) is 1.26. The third-order valence-corrected chi connectivity index (χ3v) is 3.07.